The largest absolute Gasteiger partial charge is 0.367 e. The molecular formula is C22H23ClN4O. The summed E-state index contributed by atoms with van der Waals surface area (Å²) in [7, 11) is 0. The molecule has 2 heterocycles. The Morgan fingerprint density at radius 3 is 2.64 bits per heavy atom. The molecule has 5 nitrogen and oxygen atoms in total. The maximum absolute atomic E-state index is 12.1. The first-order chi connectivity index (χ1) is 13.6. The average Bonchev–Trinajstić information content (AvgIpc) is 2.71. The smallest absolute Gasteiger partial charge is 0.255 e. The first-order valence-electron chi connectivity index (χ1n) is 9.57. The van der Waals surface area contributed by atoms with Crippen molar-refractivity contribution in [3.63, 3.8) is 0 Å². The van der Waals surface area contributed by atoms with E-state index in [-0.39, 0.29) is 5.56 Å². The summed E-state index contributed by atoms with van der Waals surface area (Å²) in [4.78, 5) is 16.9. The molecule has 4 rings (SSSR count). The van der Waals surface area contributed by atoms with Gasteiger partial charge in [0.1, 0.15) is 5.82 Å². The van der Waals surface area contributed by atoms with Gasteiger partial charge in [-0.05, 0) is 56.0 Å². The van der Waals surface area contributed by atoms with Gasteiger partial charge in [0.2, 0.25) is 0 Å². The van der Waals surface area contributed by atoms with Gasteiger partial charge in [-0.25, -0.2) is 4.98 Å². The third-order valence-corrected chi connectivity index (χ3v) is 5.50. The van der Waals surface area contributed by atoms with Crippen LogP contribution in [-0.4, -0.2) is 21.6 Å². The Morgan fingerprint density at radius 2 is 1.86 bits per heavy atom. The van der Waals surface area contributed by atoms with E-state index in [1.807, 2.05) is 42.5 Å². The Labute approximate surface area is 169 Å². The van der Waals surface area contributed by atoms with Gasteiger partial charge in [0.25, 0.3) is 5.56 Å². The van der Waals surface area contributed by atoms with Crippen molar-refractivity contribution in [1.29, 1.82) is 0 Å². The highest BCUT2D eigenvalue weighted by atomic mass is 35.5. The van der Waals surface area contributed by atoms with Crippen LogP contribution in [0.25, 0.3) is 16.9 Å². The number of hydrogen-bond acceptors (Lipinski definition) is 4. The summed E-state index contributed by atoms with van der Waals surface area (Å²) < 4.78 is 1.60. The molecule has 0 radical (unpaired) electrons. The van der Waals surface area contributed by atoms with Crippen molar-refractivity contribution in [3.05, 3.63) is 76.2 Å². The second-order valence-electron chi connectivity index (χ2n) is 7.24. The van der Waals surface area contributed by atoms with Gasteiger partial charge in [-0.3, -0.25) is 9.36 Å². The maximum Gasteiger partial charge on any atom is 0.255 e. The standard InChI is InChI=1S/C22H23ClN4O/c23-19-11-12-20(25-17-9-7-16(24)8-10-17)26-22(19)15-4-3-5-18(14-15)27-13-2-1-6-21(27)28/h1-6,11-14,16-17H,7-10,24H2,(H,25,26). The van der Waals surface area contributed by atoms with E-state index in [2.05, 4.69) is 5.32 Å². The highest BCUT2D eigenvalue weighted by molar-refractivity contribution is 6.33. The van der Waals surface area contributed by atoms with E-state index < -0.39 is 0 Å². The summed E-state index contributed by atoms with van der Waals surface area (Å²) >= 11 is 6.45. The number of nitrogens with two attached hydrogens (primary N) is 1. The fraction of sp³-hybridized carbons (Fsp3) is 0.273. The molecule has 1 aliphatic rings. The van der Waals surface area contributed by atoms with Crippen molar-refractivity contribution < 1.29 is 0 Å². The van der Waals surface area contributed by atoms with Gasteiger partial charge in [0.15, 0.2) is 0 Å². The minimum Gasteiger partial charge on any atom is -0.367 e. The summed E-state index contributed by atoms with van der Waals surface area (Å²) in [5.41, 5.74) is 8.26. The number of pyridine rings is 2. The number of nitrogens with zero attached hydrogens (tertiary/aromatic N) is 2. The van der Waals surface area contributed by atoms with E-state index in [0.29, 0.717) is 22.8 Å². The second kappa shape index (κ2) is 8.17. The molecule has 0 unspecified atom stereocenters. The number of hydrogen-bond donors (Lipinski definition) is 2. The van der Waals surface area contributed by atoms with Gasteiger partial charge in [0.05, 0.1) is 10.7 Å². The van der Waals surface area contributed by atoms with Crippen molar-refractivity contribution in [1.82, 2.24) is 9.55 Å². The maximum atomic E-state index is 12.1. The highest BCUT2D eigenvalue weighted by Gasteiger charge is 2.19. The lowest BCUT2D eigenvalue weighted by Crippen LogP contribution is -2.33. The molecule has 28 heavy (non-hydrogen) atoms. The molecule has 2 aromatic heterocycles. The number of aromatic nitrogens is 2. The lowest BCUT2D eigenvalue weighted by atomic mass is 9.92. The third kappa shape index (κ3) is 4.11. The molecule has 3 aromatic rings. The number of halogens is 1. The van der Waals surface area contributed by atoms with Crippen LogP contribution in [0, 0.1) is 0 Å². The zero-order valence-electron chi connectivity index (χ0n) is 15.5. The van der Waals surface area contributed by atoms with Crippen LogP contribution >= 0.6 is 11.6 Å². The zero-order chi connectivity index (χ0) is 19.5. The van der Waals surface area contributed by atoms with Crippen LogP contribution in [-0.2, 0) is 0 Å². The quantitative estimate of drug-likeness (QED) is 0.694. The number of rotatable bonds is 4. The van der Waals surface area contributed by atoms with E-state index in [0.717, 1.165) is 42.8 Å². The monoisotopic (exact) mass is 394 g/mol. The van der Waals surface area contributed by atoms with E-state index in [4.69, 9.17) is 22.3 Å². The summed E-state index contributed by atoms with van der Waals surface area (Å²) in [6.45, 7) is 0. The van der Waals surface area contributed by atoms with Gasteiger partial charge in [-0.15, -0.1) is 0 Å². The highest BCUT2D eigenvalue weighted by Crippen LogP contribution is 2.29. The van der Waals surface area contributed by atoms with Gasteiger partial charge >= 0.3 is 0 Å². The van der Waals surface area contributed by atoms with Gasteiger partial charge < -0.3 is 11.1 Å². The molecule has 0 spiro atoms. The van der Waals surface area contributed by atoms with Crippen molar-refractivity contribution in [2.75, 3.05) is 5.32 Å². The third-order valence-electron chi connectivity index (χ3n) is 5.19. The summed E-state index contributed by atoms with van der Waals surface area (Å²) in [6, 6.07) is 17.3. The van der Waals surface area contributed by atoms with Crippen LogP contribution in [0.1, 0.15) is 25.7 Å². The predicted octanol–water partition coefficient (Wildman–Crippen LogP) is 4.23. The number of benzene rings is 1. The molecule has 144 valence electrons. The number of nitrogens with one attached hydrogen (secondary N) is 1. The summed E-state index contributed by atoms with van der Waals surface area (Å²) in [5.74, 6) is 0.808. The van der Waals surface area contributed by atoms with E-state index >= 15 is 0 Å². The molecule has 1 fully saturated rings. The molecule has 0 saturated heterocycles. The van der Waals surface area contributed by atoms with E-state index in [9.17, 15) is 4.79 Å². The SMILES string of the molecule is NC1CCC(Nc2ccc(Cl)c(-c3cccc(-n4ccccc4=O)c3)n2)CC1. The molecular weight excluding hydrogens is 372 g/mol. The van der Waals surface area contributed by atoms with Gasteiger partial charge in [-0.1, -0.05) is 29.8 Å². The fourth-order valence-electron chi connectivity index (χ4n) is 3.64. The lowest BCUT2D eigenvalue weighted by molar-refractivity contribution is 0.410. The molecule has 0 aliphatic heterocycles. The average molecular weight is 395 g/mol. The van der Waals surface area contributed by atoms with Crippen LogP contribution < -0.4 is 16.6 Å². The first kappa shape index (κ1) is 18.7. The van der Waals surface area contributed by atoms with Crippen LogP contribution in [0.4, 0.5) is 5.82 Å². The van der Waals surface area contributed by atoms with Crippen molar-refractivity contribution in [2.24, 2.45) is 5.73 Å². The summed E-state index contributed by atoms with van der Waals surface area (Å²) in [5, 5.41) is 4.09. The van der Waals surface area contributed by atoms with Gasteiger partial charge in [0, 0.05) is 35.6 Å². The lowest BCUT2D eigenvalue weighted by Gasteiger charge is -2.27. The van der Waals surface area contributed by atoms with E-state index in [1.54, 1.807) is 22.9 Å². The Morgan fingerprint density at radius 1 is 1.04 bits per heavy atom. The van der Waals surface area contributed by atoms with Crippen molar-refractivity contribution in [2.45, 2.75) is 37.8 Å². The fourth-order valence-corrected chi connectivity index (χ4v) is 3.86. The minimum absolute atomic E-state index is 0.0790. The molecule has 1 aromatic carbocycles. The molecule has 6 heteroatoms. The molecule has 0 bridgehead atoms. The van der Waals surface area contributed by atoms with Gasteiger partial charge in [-0.2, -0.15) is 0 Å². The van der Waals surface area contributed by atoms with Crippen LogP contribution in [0.2, 0.25) is 5.02 Å². The van der Waals surface area contributed by atoms with Crippen LogP contribution in [0.3, 0.4) is 0 Å². The Balaban J connectivity index is 1.63. The molecule has 0 amide bonds. The van der Waals surface area contributed by atoms with E-state index in [1.165, 1.54) is 0 Å². The van der Waals surface area contributed by atoms with Crippen molar-refractivity contribution >= 4 is 17.4 Å². The zero-order valence-corrected chi connectivity index (χ0v) is 16.3. The molecule has 1 aliphatic carbocycles. The normalized spacial score (nSPS) is 19.4. The van der Waals surface area contributed by atoms with Crippen LogP contribution in [0.15, 0.2) is 65.6 Å². The minimum atomic E-state index is -0.0790. The van der Waals surface area contributed by atoms with Crippen LogP contribution in [0.5, 0.6) is 0 Å². The Kier molecular flexibility index (Phi) is 5.46. The number of anilines is 1. The predicted molar refractivity (Wildman–Crippen MR) is 114 cm³/mol. The molecule has 0 atom stereocenters. The summed E-state index contributed by atoms with van der Waals surface area (Å²) in [6.07, 6.45) is 5.92. The Bertz CT molecular complexity index is 1020. The van der Waals surface area contributed by atoms with Crippen molar-refractivity contribution in [3.8, 4) is 16.9 Å². The Hall–Kier alpha value is -2.63. The molecule has 1 saturated carbocycles. The first-order valence-corrected chi connectivity index (χ1v) is 9.95. The second-order valence-corrected chi connectivity index (χ2v) is 7.65. The molecule has 3 N–H and O–H groups in total. The topological polar surface area (TPSA) is 72.9 Å².